The molecule has 0 aromatic heterocycles. The van der Waals surface area contributed by atoms with Crippen LogP contribution in [0.15, 0.2) is 24.3 Å². The molecule has 0 saturated carbocycles. The number of hydrogen-bond donors (Lipinski definition) is 0. The summed E-state index contributed by atoms with van der Waals surface area (Å²) in [6.07, 6.45) is 2.35. The lowest BCUT2D eigenvalue weighted by atomic mass is 10.1. The van der Waals surface area contributed by atoms with Crippen LogP contribution < -0.4 is 0 Å². The quantitative estimate of drug-likeness (QED) is 0.668. The van der Waals surface area contributed by atoms with Crippen molar-refractivity contribution >= 4 is 24.0 Å². The fourth-order valence-electron chi connectivity index (χ4n) is 0.940. The fourth-order valence-corrected chi connectivity index (χ4v) is 1.07. The van der Waals surface area contributed by atoms with E-state index in [1.807, 2.05) is 12.1 Å². The molecule has 2 heteroatoms. The van der Waals surface area contributed by atoms with Crippen LogP contribution in [-0.2, 0) is 6.42 Å². The lowest BCUT2D eigenvalue weighted by molar-refractivity contribution is 0.922. The highest BCUT2D eigenvalue weighted by atomic mass is 35.5. The first-order chi connectivity index (χ1) is 4.83. The van der Waals surface area contributed by atoms with Gasteiger partial charge in [0.1, 0.15) is 0 Å². The van der Waals surface area contributed by atoms with Crippen molar-refractivity contribution < 1.29 is 0 Å². The molecule has 0 saturated heterocycles. The highest BCUT2D eigenvalue weighted by Crippen LogP contribution is 2.10. The maximum absolute atomic E-state index is 5.71. The van der Waals surface area contributed by atoms with Gasteiger partial charge in [-0.15, -0.1) is 12.4 Å². The Labute approximate surface area is 79.0 Å². The Bertz CT molecular complexity index is 191. The maximum atomic E-state index is 5.71. The van der Waals surface area contributed by atoms with Gasteiger partial charge in [0, 0.05) is 5.02 Å². The van der Waals surface area contributed by atoms with Gasteiger partial charge in [-0.2, -0.15) is 0 Å². The van der Waals surface area contributed by atoms with E-state index in [1.54, 1.807) is 0 Å². The Morgan fingerprint density at radius 3 is 2.18 bits per heavy atom. The smallest absolute Gasteiger partial charge is 0.0406 e. The fraction of sp³-hybridized carbons (Fsp3) is 0.333. The van der Waals surface area contributed by atoms with Crippen molar-refractivity contribution in [1.82, 2.24) is 0 Å². The van der Waals surface area contributed by atoms with Crippen LogP contribution in [-0.4, -0.2) is 0 Å². The van der Waals surface area contributed by atoms with Crippen molar-refractivity contribution in [3.63, 3.8) is 0 Å². The molecule has 0 bridgehead atoms. The topological polar surface area (TPSA) is 0 Å². The Morgan fingerprint density at radius 1 is 1.18 bits per heavy atom. The molecule has 0 atom stereocenters. The highest BCUT2D eigenvalue weighted by Gasteiger charge is 1.89. The first kappa shape index (κ1) is 10.8. The molecule has 0 heterocycles. The first-order valence-electron chi connectivity index (χ1n) is 3.57. The minimum absolute atomic E-state index is 0. The van der Waals surface area contributed by atoms with E-state index in [1.165, 1.54) is 12.0 Å². The van der Waals surface area contributed by atoms with Gasteiger partial charge in [-0.3, -0.25) is 0 Å². The third kappa shape index (κ3) is 3.64. The summed E-state index contributed by atoms with van der Waals surface area (Å²) in [4.78, 5) is 0. The van der Waals surface area contributed by atoms with E-state index < -0.39 is 0 Å². The van der Waals surface area contributed by atoms with E-state index >= 15 is 0 Å². The van der Waals surface area contributed by atoms with Crippen molar-refractivity contribution in [3.05, 3.63) is 34.9 Å². The third-order valence-corrected chi connectivity index (χ3v) is 1.70. The normalized spacial score (nSPS) is 8.91. The summed E-state index contributed by atoms with van der Waals surface area (Å²) < 4.78 is 0. The second kappa shape index (κ2) is 5.45. The molecular formula is C9H12Cl2. The summed E-state index contributed by atoms with van der Waals surface area (Å²) in [5, 5.41) is 0.819. The Morgan fingerprint density at radius 2 is 1.73 bits per heavy atom. The van der Waals surface area contributed by atoms with E-state index in [-0.39, 0.29) is 12.4 Å². The van der Waals surface area contributed by atoms with Crippen LogP contribution in [0.5, 0.6) is 0 Å². The van der Waals surface area contributed by atoms with Gasteiger partial charge in [-0.05, 0) is 24.1 Å². The molecule has 0 unspecified atom stereocenters. The third-order valence-electron chi connectivity index (χ3n) is 1.45. The van der Waals surface area contributed by atoms with Crippen LogP contribution in [0, 0.1) is 0 Å². The summed E-state index contributed by atoms with van der Waals surface area (Å²) in [6.45, 7) is 2.18. The molecule has 62 valence electrons. The molecular weight excluding hydrogens is 179 g/mol. The van der Waals surface area contributed by atoms with Crippen LogP contribution in [0.1, 0.15) is 18.9 Å². The summed E-state index contributed by atoms with van der Waals surface area (Å²) in [5.41, 5.74) is 1.37. The van der Waals surface area contributed by atoms with Crippen LogP contribution in [0.2, 0.25) is 5.02 Å². The number of aryl methyl sites for hydroxylation is 1. The van der Waals surface area contributed by atoms with Gasteiger partial charge < -0.3 is 0 Å². The van der Waals surface area contributed by atoms with Gasteiger partial charge in [-0.1, -0.05) is 37.1 Å². The summed E-state index contributed by atoms with van der Waals surface area (Å²) in [5.74, 6) is 0. The van der Waals surface area contributed by atoms with Crippen molar-refractivity contribution in [2.45, 2.75) is 19.8 Å². The van der Waals surface area contributed by atoms with E-state index in [9.17, 15) is 0 Å². The van der Waals surface area contributed by atoms with Crippen molar-refractivity contribution in [2.24, 2.45) is 0 Å². The predicted molar refractivity (Wildman–Crippen MR) is 52.7 cm³/mol. The van der Waals surface area contributed by atoms with E-state index in [4.69, 9.17) is 11.6 Å². The van der Waals surface area contributed by atoms with Gasteiger partial charge in [0.2, 0.25) is 0 Å². The molecule has 0 aliphatic rings. The Kier molecular flexibility index (Phi) is 5.35. The van der Waals surface area contributed by atoms with Crippen LogP contribution >= 0.6 is 24.0 Å². The molecule has 1 aromatic carbocycles. The molecule has 11 heavy (non-hydrogen) atoms. The van der Waals surface area contributed by atoms with Gasteiger partial charge in [-0.25, -0.2) is 0 Å². The Hall–Kier alpha value is -0.200. The minimum Gasteiger partial charge on any atom is -0.147 e. The van der Waals surface area contributed by atoms with E-state index in [0.717, 1.165) is 11.4 Å². The van der Waals surface area contributed by atoms with Crippen molar-refractivity contribution in [1.29, 1.82) is 0 Å². The molecule has 0 spiro atoms. The number of halogens is 2. The number of benzene rings is 1. The standard InChI is InChI=1S/C9H11Cl.ClH/c1-2-3-8-4-6-9(10)7-5-8;/h4-7H,2-3H2,1H3;1H. The van der Waals surface area contributed by atoms with Crippen LogP contribution in [0.25, 0.3) is 0 Å². The molecule has 0 radical (unpaired) electrons. The summed E-state index contributed by atoms with van der Waals surface area (Å²) in [6, 6.07) is 8.02. The maximum Gasteiger partial charge on any atom is 0.0406 e. The molecule has 0 amide bonds. The lowest BCUT2D eigenvalue weighted by Crippen LogP contribution is -1.80. The zero-order chi connectivity index (χ0) is 7.40. The van der Waals surface area contributed by atoms with Crippen molar-refractivity contribution in [3.8, 4) is 0 Å². The van der Waals surface area contributed by atoms with Gasteiger partial charge in [0.05, 0.1) is 0 Å². The summed E-state index contributed by atoms with van der Waals surface area (Å²) >= 11 is 5.71. The van der Waals surface area contributed by atoms with Crippen LogP contribution in [0.3, 0.4) is 0 Å². The first-order valence-corrected chi connectivity index (χ1v) is 3.95. The zero-order valence-electron chi connectivity index (χ0n) is 6.51. The molecule has 0 aliphatic carbocycles. The van der Waals surface area contributed by atoms with Gasteiger partial charge in [0.15, 0.2) is 0 Å². The molecule has 0 nitrogen and oxygen atoms in total. The van der Waals surface area contributed by atoms with E-state index in [2.05, 4.69) is 19.1 Å². The average molecular weight is 191 g/mol. The SMILES string of the molecule is CCCc1ccc(Cl)cc1.Cl. The highest BCUT2D eigenvalue weighted by molar-refractivity contribution is 6.30. The predicted octanol–water partition coefficient (Wildman–Crippen LogP) is 3.71. The molecule has 0 aliphatic heterocycles. The zero-order valence-corrected chi connectivity index (χ0v) is 8.08. The average Bonchev–Trinajstić information content (AvgIpc) is 1.95. The van der Waals surface area contributed by atoms with E-state index in [0.29, 0.717) is 0 Å². The minimum atomic E-state index is 0. The monoisotopic (exact) mass is 190 g/mol. The number of hydrogen-bond acceptors (Lipinski definition) is 0. The number of rotatable bonds is 2. The largest absolute Gasteiger partial charge is 0.147 e. The molecule has 1 rings (SSSR count). The van der Waals surface area contributed by atoms with Crippen LogP contribution in [0.4, 0.5) is 0 Å². The summed E-state index contributed by atoms with van der Waals surface area (Å²) in [7, 11) is 0. The second-order valence-electron chi connectivity index (χ2n) is 2.38. The van der Waals surface area contributed by atoms with Gasteiger partial charge >= 0.3 is 0 Å². The molecule has 1 aromatic rings. The second-order valence-corrected chi connectivity index (χ2v) is 2.81. The molecule has 0 fully saturated rings. The van der Waals surface area contributed by atoms with Gasteiger partial charge in [0.25, 0.3) is 0 Å². The van der Waals surface area contributed by atoms with Crippen molar-refractivity contribution in [2.75, 3.05) is 0 Å². The Balaban J connectivity index is 0.000001000. The lowest BCUT2D eigenvalue weighted by Gasteiger charge is -1.96. The molecule has 0 N–H and O–H groups in total.